The largest absolute Gasteiger partial charge is 0.325 e. The van der Waals surface area contributed by atoms with Gasteiger partial charge in [0.2, 0.25) is 5.91 Å². The van der Waals surface area contributed by atoms with Gasteiger partial charge in [-0.3, -0.25) is 14.5 Å². The Morgan fingerprint density at radius 3 is 2.69 bits per heavy atom. The van der Waals surface area contributed by atoms with E-state index >= 15 is 0 Å². The highest BCUT2D eigenvalue weighted by molar-refractivity contribution is 6.10. The topological polar surface area (TPSA) is 78.5 Å². The summed E-state index contributed by atoms with van der Waals surface area (Å²) in [7, 11) is 0. The van der Waals surface area contributed by atoms with Gasteiger partial charge in [0.1, 0.15) is 23.7 Å². The summed E-state index contributed by atoms with van der Waals surface area (Å²) < 4.78 is 27.8. The van der Waals surface area contributed by atoms with Crippen molar-refractivity contribution in [2.24, 2.45) is 0 Å². The van der Waals surface area contributed by atoms with Crippen molar-refractivity contribution >= 4 is 23.5 Å². The molecule has 4 rings (SSSR count). The van der Waals surface area contributed by atoms with E-state index in [4.69, 9.17) is 0 Å². The van der Waals surface area contributed by atoms with Crippen LogP contribution in [0, 0.1) is 11.6 Å². The number of imide groups is 1. The fourth-order valence-corrected chi connectivity index (χ4v) is 3.90. The number of halogens is 2. The van der Waals surface area contributed by atoms with Gasteiger partial charge in [-0.15, -0.1) is 0 Å². The molecule has 2 N–H and O–H groups in total. The zero-order chi connectivity index (χ0) is 20.8. The standard InChI is InChI=1S/C21H19F2N3O3/c1-21(16-10-14(22)6-8-17(16)23)19(28)26(20(29)25-21)11-18(27)24-15-7-5-12-3-2-4-13(12)9-15/h5-10H,2-4,11H2,1H3,(H,24,27)(H,25,29)/t21-/m0/s1. The third-order valence-corrected chi connectivity index (χ3v) is 5.43. The minimum absolute atomic E-state index is 0.294. The lowest BCUT2D eigenvalue weighted by Crippen LogP contribution is -2.42. The van der Waals surface area contributed by atoms with Crippen LogP contribution in [0.1, 0.15) is 30.0 Å². The number of amides is 4. The lowest BCUT2D eigenvalue weighted by atomic mass is 9.91. The maximum atomic E-state index is 14.2. The minimum Gasteiger partial charge on any atom is -0.325 e. The Labute approximate surface area is 165 Å². The van der Waals surface area contributed by atoms with Crippen molar-refractivity contribution in [3.05, 3.63) is 64.7 Å². The predicted octanol–water partition coefficient (Wildman–Crippen LogP) is 2.86. The predicted molar refractivity (Wildman–Crippen MR) is 101 cm³/mol. The number of rotatable bonds is 4. The second-order valence-corrected chi connectivity index (χ2v) is 7.46. The molecule has 1 aliphatic carbocycles. The van der Waals surface area contributed by atoms with E-state index in [0.29, 0.717) is 10.6 Å². The summed E-state index contributed by atoms with van der Waals surface area (Å²) in [6.07, 6.45) is 3.04. The van der Waals surface area contributed by atoms with E-state index in [2.05, 4.69) is 10.6 Å². The first-order valence-electron chi connectivity index (χ1n) is 9.29. The van der Waals surface area contributed by atoms with Crippen molar-refractivity contribution in [3.8, 4) is 0 Å². The van der Waals surface area contributed by atoms with E-state index in [1.54, 1.807) is 6.07 Å². The maximum Gasteiger partial charge on any atom is 0.325 e. The summed E-state index contributed by atoms with van der Waals surface area (Å²) in [6, 6.07) is 7.45. The van der Waals surface area contributed by atoms with Gasteiger partial charge in [-0.25, -0.2) is 13.6 Å². The zero-order valence-electron chi connectivity index (χ0n) is 15.7. The second-order valence-electron chi connectivity index (χ2n) is 7.46. The number of fused-ring (bicyclic) bond motifs is 1. The van der Waals surface area contributed by atoms with Crippen LogP contribution in [0.2, 0.25) is 0 Å². The van der Waals surface area contributed by atoms with Crippen LogP contribution in [-0.2, 0) is 28.0 Å². The number of nitrogens with one attached hydrogen (secondary N) is 2. The van der Waals surface area contributed by atoms with Crippen molar-refractivity contribution in [1.29, 1.82) is 0 Å². The van der Waals surface area contributed by atoms with Gasteiger partial charge in [0.15, 0.2) is 0 Å². The van der Waals surface area contributed by atoms with Gasteiger partial charge in [-0.1, -0.05) is 6.07 Å². The van der Waals surface area contributed by atoms with Crippen LogP contribution in [0.5, 0.6) is 0 Å². The first-order chi connectivity index (χ1) is 13.8. The third kappa shape index (κ3) is 3.35. The molecule has 1 heterocycles. The summed E-state index contributed by atoms with van der Waals surface area (Å²) >= 11 is 0. The smallest absolute Gasteiger partial charge is 0.325 e. The Balaban J connectivity index is 1.50. The fourth-order valence-electron chi connectivity index (χ4n) is 3.90. The lowest BCUT2D eigenvalue weighted by molar-refractivity contribution is -0.133. The fraction of sp³-hybridized carbons (Fsp3) is 0.286. The summed E-state index contributed by atoms with van der Waals surface area (Å²) in [5.74, 6) is -2.95. The summed E-state index contributed by atoms with van der Waals surface area (Å²) in [6.45, 7) is 0.748. The SMILES string of the molecule is C[C@@]1(c2cc(F)ccc2F)NC(=O)N(CC(=O)Nc2ccc3c(c2)CCC3)C1=O. The first kappa shape index (κ1) is 19.0. The highest BCUT2D eigenvalue weighted by Crippen LogP contribution is 2.31. The molecule has 2 aliphatic rings. The normalized spacial score (nSPS) is 20.6. The van der Waals surface area contributed by atoms with Crippen LogP contribution in [-0.4, -0.2) is 29.3 Å². The first-order valence-corrected chi connectivity index (χ1v) is 9.29. The van der Waals surface area contributed by atoms with Crippen molar-refractivity contribution in [1.82, 2.24) is 10.2 Å². The number of hydrogen-bond acceptors (Lipinski definition) is 3. The Kier molecular flexibility index (Phi) is 4.56. The molecule has 6 nitrogen and oxygen atoms in total. The van der Waals surface area contributed by atoms with Crippen molar-refractivity contribution in [2.75, 3.05) is 11.9 Å². The van der Waals surface area contributed by atoms with Crippen LogP contribution < -0.4 is 10.6 Å². The van der Waals surface area contributed by atoms with Gasteiger partial charge in [0.05, 0.1) is 0 Å². The Morgan fingerprint density at radius 1 is 1.14 bits per heavy atom. The van der Waals surface area contributed by atoms with Gasteiger partial charge in [0, 0.05) is 11.3 Å². The average Bonchev–Trinajstić information content (AvgIpc) is 3.22. The number of aryl methyl sites for hydroxylation is 2. The van der Waals surface area contributed by atoms with Gasteiger partial charge < -0.3 is 10.6 Å². The molecule has 0 aromatic heterocycles. The van der Waals surface area contributed by atoms with Crippen LogP contribution in [0.15, 0.2) is 36.4 Å². The van der Waals surface area contributed by atoms with Gasteiger partial charge in [0.25, 0.3) is 5.91 Å². The van der Waals surface area contributed by atoms with Gasteiger partial charge in [-0.05, 0) is 67.6 Å². The van der Waals surface area contributed by atoms with E-state index in [1.807, 2.05) is 12.1 Å². The molecular weight excluding hydrogens is 380 g/mol. The van der Waals surface area contributed by atoms with Crippen molar-refractivity contribution < 1.29 is 23.2 Å². The molecule has 2 aromatic carbocycles. The molecule has 29 heavy (non-hydrogen) atoms. The van der Waals surface area contributed by atoms with Crippen LogP contribution >= 0.6 is 0 Å². The van der Waals surface area contributed by atoms with E-state index in [1.165, 1.54) is 18.1 Å². The molecule has 0 radical (unpaired) electrons. The van der Waals surface area contributed by atoms with Crippen molar-refractivity contribution in [3.63, 3.8) is 0 Å². The van der Waals surface area contributed by atoms with Gasteiger partial charge in [-0.2, -0.15) is 0 Å². The molecule has 1 saturated heterocycles. The number of urea groups is 1. The molecule has 4 amide bonds. The molecule has 1 atom stereocenters. The van der Waals surface area contributed by atoms with Gasteiger partial charge >= 0.3 is 6.03 Å². The van der Waals surface area contributed by atoms with Crippen molar-refractivity contribution in [2.45, 2.75) is 31.7 Å². The quantitative estimate of drug-likeness (QED) is 0.776. The molecule has 1 aliphatic heterocycles. The van der Waals surface area contributed by atoms with E-state index in [0.717, 1.165) is 37.5 Å². The molecule has 8 heteroatoms. The summed E-state index contributed by atoms with van der Waals surface area (Å²) in [5.41, 5.74) is 0.924. The number of nitrogens with zero attached hydrogens (tertiary/aromatic N) is 1. The van der Waals surface area contributed by atoms with E-state index < -0.39 is 41.6 Å². The average molecular weight is 399 g/mol. The lowest BCUT2D eigenvalue weighted by Gasteiger charge is -2.22. The van der Waals surface area contributed by atoms with Crippen LogP contribution in [0.25, 0.3) is 0 Å². The molecule has 1 fully saturated rings. The Morgan fingerprint density at radius 2 is 1.90 bits per heavy atom. The number of carbonyl (C=O) groups excluding carboxylic acids is 3. The summed E-state index contributed by atoms with van der Waals surface area (Å²) in [5, 5.41) is 5.05. The van der Waals surface area contributed by atoms with E-state index in [-0.39, 0.29) is 5.56 Å². The monoisotopic (exact) mass is 399 g/mol. The number of benzene rings is 2. The zero-order valence-corrected chi connectivity index (χ0v) is 15.7. The number of hydrogen-bond donors (Lipinski definition) is 2. The molecule has 0 unspecified atom stereocenters. The molecule has 2 aromatic rings. The van der Waals surface area contributed by atoms with Crippen LogP contribution in [0.3, 0.4) is 0 Å². The maximum absolute atomic E-state index is 14.2. The van der Waals surface area contributed by atoms with Crippen LogP contribution in [0.4, 0.5) is 19.3 Å². The highest BCUT2D eigenvalue weighted by atomic mass is 19.1. The minimum atomic E-state index is -1.79. The number of carbonyl (C=O) groups is 3. The second kappa shape index (κ2) is 6.95. The Bertz CT molecular complexity index is 1040. The van der Waals surface area contributed by atoms with E-state index in [9.17, 15) is 23.2 Å². The molecular formula is C21H19F2N3O3. The molecule has 0 bridgehead atoms. The molecule has 0 spiro atoms. The Hall–Kier alpha value is -3.29. The molecule has 150 valence electrons. The molecule has 0 saturated carbocycles. The highest BCUT2D eigenvalue weighted by Gasteiger charge is 2.50. The number of anilines is 1. The summed E-state index contributed by atoms with van der Waals surface area (Å²) in [4.78, 5) is 38.2. The third-order valence-electron chi connectivity index (χ3n) is 5.43.